The first-order valence-corrected chi connectivity index (χ1v) is 11.7. The molecule has 12 heteroatoms. The van der Waals surface area contributed by atoms with Gasteiger partial charge in [0, 0.05) is 25.4 Å². The van der Waals surface area contributed by atoms with Gasteiger partial charge in [-0.2, -0.15) is 18.3 Å². The summed E-state index contributed by atoms with van der Waals surface area (Å²) in [6.45, 7) is 1.80. The van der Waals surface area contributed by atoms with Crippen LogP contribution in [0, 0.1) is 0 Å². The van der Waals surface area contributed by atoms with Gasteiger partial charge in [-0.25, -0.2) is 4.68 Å². The zero-order valence-corrected chi connectivity index (χ0v) is 21.2. The van der Waals surface area contributed by atoms with Crippen molar-refractivity contribution in [2.24, 2.45) is 0 Å². The Kier molecular flexibility index (Phi) is 7.03. The Morgan fingerprint density at radius 1 is 1.03 bits per heavy atom. The monoisotopic (exact) mass is 562 g/mol. The molecular formula is C23H17Cl4F3N4O. The number of rotatable bonds is 4. The standard InChI is InChI=1S/C23H17Cl4F3N4O/c1-11-20(22(35)33(2)10-12-3-5-14(24)16(26)7-12)21(13-4-6-15(25)17(27)8-13)34-19(31-11)9-18(32-34)23(28,29)30/h3-9,21,31H,10H2,1-2H3. The van der Waals surface area contributed by atoms with E-state index < -0.39 is 23.8 Å². The van der Waals surface area contributed by atoms with E-state index in [1.54, 1.807) is 38.2 Å². The van der Waals surface area contributed by atoms with Crippen LogP contribution in [0.1, 0.15) is 29.8 Å². The van der Waals surface area contributed by atoms with E-state index in [1.807, 2.05) is 0 Å². The normalized spacial score (nSPS) is 15.6. The minimum absolute atomic E-state index is 0.0922. The Hall–Kier alpha value is -2.39. The highest BCUT2D eigenvalue weighted by atomic mass is 35.5. The van der Waals surface area contributed by atoms with E-state index in [4.69, 9.17) is 46.4 Å². The van der Waals surface area contributed by atoms with E-state index in [2.05, 4.69) is 10.4 Å². The van der Waals surface area contributed by atoms with Crippen LogP contribution in [0.5, 0.6) is 0 Å². The van der Waals surface area contributed by atoms with Crippen molar-refractivity contribution in [3.8, 4) is 0 Å². The summed E-state index contributed by atoms with van der Waals surface area (Å²) >= 11 is 24.3. The second-order valence-corrected chi connectivity index (χ2v) is 9.64. The number of hydrogen-bond donors (Lipinski definition) is 1. The number of aromatic nitrogens is 2. The van der Waals surface area contributed by atoms with Crippen molar-refractivity contribution in [2.45, 2.75) is 25.7 Å². The van der Waals surface area contributed by atoms with Crippen LogP contribution < -0.4 is 5.32 Å². The molecule has 0 radical (unpaired) electrons. The zero-order valence-electron chi connectivity index (χ0n) is 18.2. The molecule has 1 amide bonds. The number of hydrogen-bond acceptors (Lipinski definition) is 3. The van der Waals surface area contributed by atoms with Gasteiger partial charge < -0.3 is 10.2 Å². The van der Waals surface area contributed by atoms with E-state index in [0.717, 1.165) is 16.3 Å². The highest BCUT2D eigenvalue weighted by molar-refractivity contribution is 6.42. The second-order valence-electron chi connectivity index (χ2n) is 8.01. The maximum Gasteiger partial charge on any atom is 0.435 e. The van der Waals surface area contributed by atoms with Gasteiger partial charge in [-0.1, -0.05) is 58.5 Å². The number of allylic oxidation sites excluding steroid dienone is 1. The largest absolute Gasteiger partial charge is 0.435 e. The molecule has 0 bridgehead atoms. The van der Waals surface area contributed by atoms with E-state index in [9.17, 15) is 18.0 Å². The molecule has 2 heterocycles. The maximum absolute atomic E-state index is 13.7. The molecule has 1 unspecified atom stereocenters. The lowest BCUT2D eigenvalue weighted by Gasteiger charge is -2.32. The van der Waals surface area contributed by atoms with E-state index in [-0.39, 0.29) is 28.0 Å². The number of carbonyl (C=O) groups excluding carboxylic acids is 1. The number of fused-ring (bicyclic) bond motifs is 1. The van der Waals surface area contributed by atoms with Gasteiger partial charge in [0.05, 0.1) is 25.7 Å². The molecule has 1 atom stereocenters. The average molecular weight is 564 g/mol. The fraction of sp³-hybridized carbons (Fsp3) is 0.217. The van der Waals surface area contributed by atoms with Crippen LogP contribution in [0.2, 0.25) is 20.1 Å². The Morgan fingerprint density at radius 3 is 2.26 bits per heavy atom. The number of carbonyl (C=O) groups is 1. The van der Waals surface area contributed by atoms with Crippen LogP contribution in [-0.4, -0.2) is 27.6 Å². The fourth-order valence-electron chi connectivity index (χ4n) is 3.87. The summed E-state index contributed by atoms with van der Waals surface area (Å²) in [6, 6.07) is 9.54. The molecule has 1 N–H and O–H groups in total. The molecule has 1 aliphatic heterocycles. The van der Waals surface area contributed by atoms with Gasteiger partial charge in [-0.3, -0.25) is 4.79 Å². The molecule has 3 aromatic rings. The molecule has 0 aliphatic carbocycles. The Bertz CT molecular complexity index is 1350. The minimum Gasteiger partial charge on any atom is -0.344 e. The summed E-state index contributed by atoms with van der Waals surface area (Å²) in [5.74, 6) is -0.332. The number of likely N-dealkylation sites (N-methyl/N-ethyl adjacent to an activating group) is 1. The Morgan fingerprint density at radius 2 is 1.66 bits per heavy atom. The van der Waals surface area contributed by atoms with Crippen molar-refractivity contribution in [2.75, 3.05) is 12.4 Å². The first kappa shape index (κ1) is 25.7. The van der Waals surface area contributed by atoms with Gasteiger partial charge in [-0.05, 0) is 42.3 Å². The van der Waals surface area contributed by atoms with Gasteiger partial charge in [0.1, 0.15) is 11.9 Å². The lowest BCUT2D eigenvalue weighted by atomic mass is 9.94. The molecule has 2 aromatic carbocycles. The van der Waals surface area contributed by atoms with Gasteiger partial charge in [-0.15, -0.1) is 0 Å². The number of alkyl halides is 3. The lowest BCUT2D eigenvalue weighted by molar-refractivity contribution is -0.141. The van der Waals surface area contributed by atoms with Crippen molar-refractivity contribution < 1.29 is 18.0 Å². The van der Waals surface area contributed by atoms with Gasteiger partial charge in [0.25, 0.3) is 5.91 Å². The first-order valence-electron chi connectivity index (χ1n) is 10.2. The second kappa shape index (κ2) is 9.58. The molecule has 0 fully saturated rings. The molecule has 1 aromatic heterocycles. The summed E-state index contributed by atoms with van der Waals surface area (Å²) in [5.41, 5.74) is 0.672. The van der Waals surface area contributed by atoms with Crippen LogP contribution in [-0.2, 0) is 17.5 Å². The Balaban J connectivity index is 1.78. The van der Waals surface area contributed by atoms with Crippen molar-refractivity contribution >= 4 is 58.1 Å². The summed E-state index contributed by atoms with van der Waals surface area (Å²) in [6.07, 6.45) is -4.67. The number of nitrogens with zero attached hydrogens (tertiary/aromatic N) is 3. The fourth-order valence-corrected chi connectivity index (χ4v) is 4.49. The van der Waals surface area contributed by atoms with Crippen molar-refractivity contribution in [1.82, 2.24) is 14.7 Å². The van der Waals surface area contributed by atoms with Crippen LogP contribution in [0.25, 0.3) is 0 Å². The molecule has 35 heavy (non-hydrogen) atoms. The van der Waals surface area contributed by atoms with Crippen LogP contribution in [0.4, 0.5) is 19.0 Å². The highest BCUT2D eigenvalue weighted by Crippen LogP contribution is 2.41. The number of benzene rings is 2. The molecule has 0 spiro atoms. The van der Waals surface area contributed by atoms with E-state index >= 15 is 0 Å². The molecule has 5 nitrogen and oxygen atoms in total. The predicted molar refractivity (Wildman–Crippen MR) is 131 cm³/mol. The number of amides is 1. The van der Waals surface area contributed by atoms with Crippen LogP contribution in [0.3, 0.4) is 0 Å². The summed E-state index contributed by atoms with van der Waals surface area (Å²) in [5, 5.41) is 7.85. The topological polar surface area (TPSA) is 50.2 Å². The first-order chi connectivity index (χ1) is 16.4. The summed E-state index contributed by atoms with van der Waals surface area (Å²) < 4.78 is 41.5. The molecule has 4 rings (SSSR count). The van der Waals surface area contributed by atoms with Gasteiger partial charge in [0.2, 0.25) is 0 Å². The van der Waals surface area contributed by atoms with E-state index in [0.29, 0.717) is 21.3 Å². The third kappa shape index (κ3) is 5.11. The molecule has 1 aliphatic rings. The van der Waals surface area contributed by atoms with Crippen LogP contribution >= 0.6 is 46.4 Å². The Labute approximate surface area is 219 Å². The number of nitrogens with one attached hydrogen (secondary N) is 1. The quantitative estimate of drug-likeness (QED) is 0.358. The zero-order chi connectivity index (χ0) is 25.7. The highest BCUT2D eigenvalue weighted by Gasteiger charge is 2.40. The summed E-state index contributed by atoms with van der Waals surface area (Å²) in [7, 11) is 1.58. The minimum atomic E-state index is -4.67. The maximum atomic E-state index is 13.7. The SMILES string of the molecule is CC1=C(C(=O)N(C)Cc2ccc(Cl)c(Cl)c2)C(c2ccc(Cl)c(Cl)c2)n2nc(C(F)(F)F)cc2N1. The van der Waals surface area contributed by atoms with Gasteiger partial charge >= 0.3 is 6.18 Å². The lowest BCUT2D eigenvalue weighted by Crippen LogP contribution is -2.36. The van der Waals surface area contributed by atoms with Gasteiger partial charge in [0.15, 0.2) is 5.69 Å². The number of halogens is 7. The van der Waals surface area contributed by atoms with E-state index in [1.165, 1.54) is 17.0 Å². The smallest absolute Gasteiger partial charge is 0.344 e. The third-order valence-corrected chi connectivity index (χ3v) is 6.98. The molecule has 184 valence electrons. The summed E-state index contributed by atoms with van der Waals surface area (Å²) in [4.78, 5) is 15.1. The third-order valence-electron chi connectivity index (χ3n) is 5.50. The molecule has 0 saturated carbocycles. The average Bonchev–Trinajstić information content (AvgIpc) is 3.21. The molecular weight excluding hydrogens is 547 g/mol. The van der Waals surface area contributed by atoms with Crippen molar-refractivity contribution in [3.63, 3.8) is 0 Å². The molecule has 0 saturated heterocycles. The number of anilines is 1. The van der Waals surface area contributed by atoms with Crippen molar-refractivity contribution in [1.29, 1.82) is 0 Å². The predicted octanol–water partition coefficient (Wildman–Crippen LogP) is 7.46. The van der Waals surface area contributed by atoms with Crippen LogP contribution in [0.15, 0.2) is 53.7 Å². The van der Waals surface area contributed by atoms with Crippen molar-refractivity contribution in [3.05, 3.63) is 90.6 Å².